The molecule has 1 aromatic heterocycles. The topological polar surface area (TPSA) is 50.9 Å². The molecule has 0 aliphatic heterocycles. The van der Waals surface area contributed by atoms with Gasteiger partial charge in [-0.25, -0.2) is 0 Å². The van der Waals surface area contributed by atoms with E-state index in [4.69, 9.17) is 5.84 Å². The second kappa shape index (κ2) is 5.83. The van der Waals surface area contributed by atoms with Crippen LogP contribution in [0.15, 0.2) is 18.3 Å². The van der Waals surface area contributed by atoms with E-state index in [-0.39, 0.29) is 6.04 Å². The molecule has 0 amide bonds. The van der Waals surface area contributed by atoms with Gasteiger partial charge in [0.25, 0.3) is 0 Å². The lowest BCUT2D eigenvalue weighted by molar-refractivity contribution is 0.367. The fourth-order valence-electron chi connectivity index (χ4n) is 1.87. The Bertz CT molecular complexity index is 281. The highest BCUT2D eigenvalue weighted by molar-refractivity contribution is 5.17. The summed E-state index contributed by atoms with van der Waals surface area (Å²) >= 11 is 0. The van der Waals surface area contributed by atoms with E-state index in [1.54, 1.807) is 0 Å². The molecular formula is C12H21N3. The summed E-state index contributed by atoms with van der Waals surface area (Å²) in [5.74, 6) is 6.13. The zero-order valence-electron chi connectivity index (χ0n) is 9.83. The third kappa shape index (κ3) is 3.29. The number of nitrogens with zero attached hydrogens (tertiary/aromatic N) is 1. The molecule has 1 heterocycles. The number of hydrazine groups is 1. The lowest BCUT2D eigenvalue weighted by atomic mass is 9.92. The molecule has 3 nitrogen and oxygen atoms in total. The van der Waals surface area contributed by atoms with E-state index < -0.39 is 0 Å². The van der Waals surface area contributed by atoms with Crippen LogP contribution in [0.5, 0.6) is 0 Å². The van der Waals surface area contributed by atoms with Gasteiger partial charge < -0.3 is 0 Å². The van der Waals surface area contributed by atoms with Gasteiger partial charge in [-0.1, -0.05) is 26.3 Å². The van der Waals surface area contributed by atoms with Crippen LogP contribution in [-0.2, 0) is 0 Å². The minimum atomic E-state index is 0.207. The van der Waals surface area contributed by atoms with Crippen LogP contribution in [-0.4, -0.2) is 4.98 Å². The van der Waals surface area contributed by atoms with Gasteiger partial charge in [0.15, 0.2) is 0 Å². The summed E-state index contributed by atoms with van der Waals surface area (Å²) in [6, 6.07) is 4.33. The molecular weight excluding hydrogens is 186 g/mol. The molecule has 0 saturated heterocycles. The molecule has 0 fully saturated rings. The highest BCUT2D eigenvalue weighted by Gasteiger charge is 2.17. The van der Waals surface area contributed by atoms with E-state index in [2.05, 4.69) is 30.3 Å². The van der Waals surface area contributed by atoms with Crippen LogP contribution >= 0.6 is 0 Å². The van der Waals surface area contributed by atoms with Gasteiger partial charge in [0.05, 0.1) is 6.04 Å². The SMILES string of the molecule is CCCC(C)C(NN)c1ccc(C)nc1. The molecule has 2 atom stereocenters. The van der Waals surface area contributed by atoms with Gasteiger partial charge >= 0.3 is 0 Å². The highest BCUT2D eigenvalue weighted by atomic mass is 15.2. The van der Waals surface area contributed by atoms with Crippen molar-refractivity contribution < 1.29 is 0 Å². The van der Waals surface area contributed by atoms with E-state index in [1.807, 2.05) is 19.2 Å². The molecule has 0 aliphatic rings. The molecule has 3 N–H and O–H groups in total. The van der Waals surface area contributed by atoms with Crippen LogP contribution in [0.1, 0.15) is 44.0 Å². The Morgan fingerprint density at radius 2 is 2.20 bits per heavy atom. The Hall–Kier alpha value is -0.930. The van der Waals surface area contributed by atoms with Crippen LogP contribution < -0.4 is 11.3 Å². The van der Waals surface area contributed by atoms with Crippen LogP contribution in [0.25, 0.3) is 0 Å². The van der Waals surface area contributed by atoms with E-state index in [1.165, 1.54) is 18.4 Å². The van der Waals surface area contributed by atoms with E-state index in [0.29, 0.717) is 5.92 Å². The predicted molar refractivity (Wildman–Crippen MR) is 63.1 cm³/mol. The molecule has 0 aliphatic carbocycles. The maximum absolute atomic E-state index is 5.60. The Morgan fingerprint density at radius 1 is 1.47 bits per heavy atom. The number of hydrogen-bond donors (Lipinski definition) is 2. The number of hydrogen-bond acceptors (Lipinski definition) is 3. The number of nitrogens with two attached hydrogens (primary N) is 1. The summed E-state index contributed by atoms with van der Waals surface area (Å²) in [5, 5.41) is 0. The lowest BCUT2D eigenvalue weighted by Gasteiger charge is -2.23. The maximum atomic E-state index is 5.60. The molecule has 0 radical (unpaired) electrons. The number of aryl methyl sites for hydroxylation is 1. The quantitative estimate of drug-likeness (QED) is 0.575. The minimum absolute atomic E-state index is 0.207. The largest absolute Gasteiger partial charge is 0.271 e. The third-order valence-electron chi connectivity index (χ3n) is 2.79. The van der Waals surface area contributed by atoms with Crippen molar-refractivity contribution in [3.63, 3.8) is 0 Å². The standard InChI is InChI=1S/C12H21N3/c1-4-5-9(2)12(15-13)11-7-6-10(3)14-8-11/h6-9,12,15H,4-5,13H2,1-3H3. The van der Waals surface area contributed by atoms with Crippen molar-refractivity contribution in [2.75, 3.05) is 0 Å². The fraction of sp³-hybridized carbons (Fsp3) is 0.583. The van der Waals surface area contributed by atoms with Crippen molar-refractivity contribution in [2.24, 2.45) is 11.8 Å². The summed E-state index contributed by atoms with van der Waals surface area (Å²) in [6.07, 6.45) is 4.26. The molecule has 0 aromatic carbocycles. The second-order valence-corrected chi connectivity index (χ2v) is 4.14. The van der Waals surface area contributed by atoms with Crippen LogP contribution in [0.2, 0.25) is 0 Å². The first-order chi connectivity index (χ1) is 7.19. The highest BCUT2D eigenvalue weighted by Crippen LogP contribution is 2.24. The van der Waals surface area contributed by atoms with Gasteiger partial charge in [-0.3, -0.25) is 16.3 Å². The summed E-state index contributed by atoms with van der Waals surface area (Å²) < 4.78 is 0. The van der Waals surface area contributed by atoms with Gasteiger partial charge in [-0.15, -0.1) is 0 Å². The summed E-state index contributed by atoms with van der Waals surface area (Å²) in [4.78, 5) is 4.29. The monoisotopic (exact) mass is 207 g/mol. The predicted octanol–water partition coefficient (Wildman–Crippen LogP) is 2.33. The Morgan fingerprint density at radius 3 is 2.67 bits per heavy atom. The van der Waals surface area contributed by atoms with E-state index >= 15 is 0 Å². The molecule has 0 spiro atoms. The second-order valence-electron chi connectivity index (χ2n) is 4.14. The van der Waals surface area contributed by atoms with Gasteiger partial charge in [0, 0.05) is 11.9 Å². The molecule has 3 heteroatoms. The molecule has 0 bridgehead atoms. The average molecular weight is 207 g/mol. The Balaban J connectivity index is 2.77. The smallest absolute Gasteiger partial charge is 0.0500 e. The first-order valence-corrected chi connectivity index (χ1v) is 5.57. The Kier molecular flexibility index (Phi) is 4.72. The number of nitrogens with one attached hydrogen (secondary N) is 1. The normalized spacial score (nSPS) is 14.9. The number of aromatic nitrogens is 1. The first-order valence-electron chi connectivity index (χ1n) is 5.57. The third-order valence-corrected chi connectivity index (χ3v) is 2.79. The van der Waals surface area contributed by atoms with Gasteiger partial charge in [0.1, 0.15) is 0 Å². The van der Waals surface area contributed by atoms with Crippen LogP contribution in [0.4, 0.5) is 0 Å². The number of pyridine rings is 1. The average Bonchev–Trinajstić information content (AvgIpc) is 2.22. The van der Waals surface area contributed by atoms with Crippen molar-refractivity contribution in [3.05, 3.63) is 29.6 Å². The van der Waals surface area contributed by atoms with Crippen molar-refractivity contribution in [1.82, 2.24) is 10.4 Å². The molecule has 15 heavy (non-hydrogen) atoms. The molecule has 1 aromatic rings. The van der Waals surface area contributed by atoms with Crippen LogP contribution in [0, 0.1) is 12.8 Å². The molecule has 84 valence electrons. The van der Waals surface area contributed by atoms with Crippen molar-refractivity contribution in [1.29, 1.82) is 0 Å². The lowest BCUT2D eigenvalue weighted by Crippen LogP contribution is -2.32. The fourth-order valence-corrected chi connectivity index (χ4v) is 1.87. The zero-order chi connectivity index (χ0) is 11.3. The summed E-state index contributed by atoms with van der Waals surface area (Å²) in [7, 11) is 0. The first kappa shape index (κ1) is 12.1. The summed E-state index contributed by atoms with van der Waals surface area (Å²) in [6.45, 7) is 6.40. The van der Waals surface area contributed by atoms with Crippen molar-refractivity contribution in [3.8, 4) is 0 Å². The van der Waals surface area contributed by atoms with Crippen molar-refractivity contribution in [2.45, 2.75) is 39.7 Å². The zero-order valence-corrected chi connectivity index (χ0v) is 9.83. The van der Waals surface area contributed by atoms with Gasteiger partial charge in [0.2, 0.25) is 0 Å². The van der Waals surface area contributed by atoms with Gasteiger partial charge in [-0.05, 0) is 30.9 Å². The number of rotatable bonds is 5. The summed E-state index contributed by atoms with van der Waals surface area (Å²) in [5.41, 5.74) is 5.09. The minimum Gasteiger partial charge on any atom is -0.271 e. The molecule has 0 saturated carbocycles. The van der Waals surface area contributed by atoms with Crippen molar-refractivity contribution >= 4 is 0 Å². The van der Waals surface area contributed by atoms with E-state index in [9.17, 15) is 0 Å². The maximum Gasteiger partial charge on any atom is 0.0500 e. The van der Waals surface area contributed by atoms with Gasteiger partial charge in [-0.2, -0.15) is 0 Å². The van der Waals surface area contributed by atoms with E-state index in [0.717, 1.165) is 5.69 Å². The molecule has 2 unspecified atom stereocenters. The Labute approximate surface area is 92.1 Å². The molecule has 1 rings (SSSR count). The van der Waals surface area contributed by atoms with Crippen LogP contribution in [0.3, 0.4) is 0 Å².